The SMILES string of the molecule is CS(=O)(=O)NCCCNC(=O)N1CCC(C(=O)O)C1. The van der Waals surface area contributed by atoms with Crippen LogP contribution in [0.3, 0.4) is 0 Å². The Morgan fingerprint density at radius 2 is 2.05 bits per heavy atom. The molecule has 8 nitrogen and oxygen atoms in total. The van der Waals surface area contributed by atoms with Crippen LogP contribution in [0.2, 0.25) is 0 Å². The second kappa shape index (κ2) is 6.71. The monoisotopic (exact) mass is 293 g/mol. The average Bonchev–Trinajstić information content (AvgIpc) is 2.76. The molecule has 0 saturated carbocycles. The molecule has 0 radical (unpaired) electrons. The number of carboxylic acids is 1. The normalized spacial score (nSPS) is 19.4. The van der Waals surface area contributed by atoms with Crippen LogP contribution in [0.4, 0.5) is 4.79 Å². The Morgan fingerprint density at radius 1 is 1.37 bits per heavy atom. The lowest BCUT2D eigenvalue weighted by atomic mass is 10.1. The molecule has 3 N–H and O–H groups in total. The van der Waals surface area contributed by atoms with Crippen molar-refractivity contribution >= 4 is 22.0 Å². The lowest BCUT2D eigenvalue weighted by Gasteiger charge is -2.16. The first-order valence-corrected chi connectivity index (χ1v) is 7.89. The van der Waals surface area contributed by atoms with Gasteiger partial charge in [0.05, 0.1) is 12.2 Å². The summed E-state index contributed by atoms with van der Waals surface area (Å²) in [6.45, 7) is 1.26. The number of amides is 2. The second-order valence-corrected chi connectivity index (χ2v) is 6.35. The van der Waals surface area contributed by atoms with Crippen molar-refractivity contribution in [3.05, 3.63) is 0 Å². The molecule has 110 valence electrons. The van der Waals surface area contributed by atoms with Crippen LogP contribution in [0.25, 0.3) is 0 Å². The molecule has 0 aromatic rings. The topological polar surface area (TPSA) is 116 Å². The highest BCUT2D eigenvalue weighted by Crippen LogP contribution is 2.15. The Bertz CT molecular complexity index is 436. The van der Waals surface area contributed by atoms with Crippen LogP contribution in [0, 0.1) is 5.92 Å². The maximum atomic E-state index is 11.7. The van der Waals surface area contributed by atoms with E-state index in [9.17, 15) is 18.0 Å². The third-order valence-electron chi connectivity index (χ3n) is 2.82. The Kier molecular flexibility index (Phi) is 5.55. The number of nitrogens with zero attached hydrogens (tertiary/aromatic N) is 1. The molecule has 1 rings (SSSR count). The Morgan fingerprint density at radius 3 is 2.58 bits per heavy atom. The molecule has 0 bridgehead atoms. The summed E-state index contributed by atoms with van der Waals surface area (Å²) < 4.78 is 23.9. The van der Waals surface area contributed by atoms with Crippen LogP contribution in [-0.4, -0.2) is 62.9 Å². The summed E-state index contributed by atoms with van der Waals surface area (Å²) in [5.74, 6) is -1.37. The predicted molar refractivity (Wildman–Crippen MR) is 68.2 cm³/mol. The first-order chi connectivity index (χ1) is 8.79. The second-order valence-electron chi connectivity index (χ2n) is 4.52. The Hall–Kier alpha value is -1.35. The molecular formula is C10H19N3O5S. The first-order valence-electron chi connectivity index (χ1n) is 6.00. The van der Waals surface area contributed by atoms with Gasteiger partial charge in [-0.15, -0.1) is 0 Å². The van der Waals surface area contributed by atoms with Gasteiger partial charge in [0.15, 0.2) is 0 Å². The quantitative estimate of drug-likeness (QED) is 0.546. The van der Waals surface area contributed by atoms with Gasteiger partial charge in [0, 0.05) is 26.2 Å². The van der Waals surface area contributed by atoms with Crippen molar-refractivity contribution in [3.8, 4) is 0 Å². The van der Waals surface area contributed by atoms with Gasteiger partial charge in [-0.1, -0.05) is 0 Å². The Labute approximate surface area is 112 Å². The molecule has 1 aliphatic heterocycles. The largest absolute Gasteiger partial charge is 0.481 e. The molecule has 0 spiro atoms. The zero-order valence-electron chi connectivity index (χ0n) is 10.8. The Balaban J connectivity index is 2.17. The molecule has 9 heteroatoms. The lowest BCUT2D eigenvalue weighted by molar-refractivity contribution is -0.141. The lowest BCUT2D eigenvalue weighted by Crippen LogP contribution is -2.40. The van der Waals surface area contributed by atoms with E-state index in [2.05, 4.69) is 10.0 Å². The van der Waals surface area contributed by atoms with E-state index in [1.165, 1.54) is 4.90 Å². The van der Waals surface area contributed by atoms with Crippen molar-refractivity contribution in [2.24, 2.45) is 5.92 Å². The zero-order valence-corrected chi connectivity index (χ0v) is 11.6. The molecule has 19 heavy (non-hydrogen) atoms. The first kappa shape index (κ1) is 15.7. The molecule has 1 saturated heterocycles. The van der Waals surface area contributed by atoms with Crippen LogP contribution >= 0.6 is 0 Å². The van der Waals surface area contributed by atoms with Crippen LogP contribution < -0.4 is 10.0 Å². The number of likely N-dealkylation sites (tertiary alicyclic amines) is 1. The van der Waals surface area contributed by atoms with E-state index >= 15 is 0 Å². The summed E-state index contributed by atoms with van der Waals surface area (Å²) in [7, 11) is -3.20. The molecule has 1 atom stereocenters. The molecule has 1 unspecified atom stereocenters. The molecule has 0 aliphatic carbocycles. The third-order valence-corrected chi connectivity index (χ3v) is 3.55. The number of carboxylic acid groups (broad SMARTS) is 1. The summed E-state index contributed by atoms with van der Waals surface area (Å²) in [6, 6.07) is -0.303. The minimum atomic E-state index is -3.20. The number of aliphatic carboxylic acids is 1. The summed E-state index contributed by atoms with van der Waals surface area (Å²) in [6.07, 6.45) is 2.02. The standard InChI is InChI=1S/C10H19N3O5S/c1-19(17,18)12-5-2-4-11-10(16)13-6-3-8(7-13)9(14)15/h8,12H,2-7H2,1H3,(H,11,16)(H,14,15). The number of hydrogen-bond acceptors (Lipinski definition) is 4. The zero-order chi connectivity index (χ0) is 14.5. The van der Waals surface area contributed by atoms with Gasteiger partial charge in [-0.2, -0.15) is 0 Å². The van der Waals surface area contributed by atoms with E-state index in [-0.39, 0.29) is 19.1 Å². The van der Waals surface area contributed by atoms with Crippen molar-refractivity contribution in [1.82, 2.24) is 14.9 Å². The maximum absolute atomic E-state index is 11.7. The van der Waals surface area contributed by atoms with Crippen molar-refractivity contribution in [2.45, 2.75) is 12.8 Å². The minimum Gasteiger partial charge on any atom is -0.481 e. The summed E-state index contributed by atoms with van der Waals surface area (Å²) in [5, 5.41) is 11.4. The van der Waals surface area contributed by atoms with Gasteiger partial charge in [0.25, 0.3) is 0 Å². The fourth-order valence-electron chi connectivity index (χ4n) is 1.80. The summed E-state index contributed by atoms with van der Waals surface area (Å²) >= 11 is 0. The van der Waals surface area contributed by atoms with Crippen molar-refractivity contribution in [3.63, 3.8) is 0 Å². The molecule has 1 heterocycles. The fourth-order valence-corrected chi connectivity index (χ4v) is 2.31. The highest BCUT2D eigenvalue weighted by atomic mass is 32.2. The number of rotatable bonds is 6. The maximum Gasteiger partial charge on any atom is 0.317 e. The van der Waals surface area contributed by atoms with E-state index in [0.29, 0.717) is 25.9 Å². The van der Waals surface area contributed by atoms with Gasteiger partial charge in [-0.3, -0.25) is 4.79 Å². The summed E-state index contributed by atoms with van der Waals surface area (Å²) in [4.78, 5) is 23.9. The van der Waals surface area contributed by atoms with Crippen LogP contribution in [0.1, 0.15) is 12.8 Å². The van der Waals surface area contributed by atoms with E-state index in [0.717, 1.165) is 6.26 Å². The average molecular weight is 293 g/mol. The molecule has 1 fully saturated rings. The highest BCUT2D eigenvalue weighted by Gasteiger charge is 2.30. The number of hydrogen-bond donors (Lipinski definition) is 3. The van der Waals surface area contributed by atoms with Gasteiger partial charge in [-0.05, 0) is 12.8 Å². The predicted octanol–water partition coefficient (Wildman–Crippen LogP) is -0.958. The van der Waals surface area contributed by atoms with Crippen molar-refractivity contribution in [1.29, 1.82) is 0 Å². The third kappa shape index (κ3) is 5.88. The van der Waals surface area contributed by atoms with E-state index in [1.54, 1.807) is 0 Å². The van der Waals surface area contributed by atoms with E-state index in [4.69, 9.17) is 5.11 Å². The van der Waals surface area contributed by atoms with E-state index < -0.39 is 21.9 Å². The number of urea groups is 1. The van der Waals surface area contributed by atoms with Gasteiger partial charge < -0.3 is 15.3 Å². The molecule has 2 amide bonds. The van der Waals surface area contributed by atoms with E-state index in [1.807, 2.05) is 0 Å². The number of carbonyl (C=O) groups excluding carboxylic acids is 1. The van der Waals surface area contributed by atoms with Gasteiger partial charge in [0.2, 0.25) is 10.0 Å². The minimum absolute atomic E-state index is 0.225. The van der Waals surface area contributed by atoms with Crippen molar-refractivity contribution in [2.75, 3.05) is 32.4 Å². The summed E-state index contributed by atoms with van der Waals surface area (Å²) in [5.41, 5.74) is 0. The van der Waals surface area contributed by atoms with Crippen LogP contribution in [-0.2, 0) is 14.8 Å². The van der Waals surface area contributed by atoms with Crippen LogP contribution in [0.5, 0.6) is 0 Å². The van der Waals surface area contributed by atoms with Crippen molar-refractivity contribution < 1.29 is 23.1 Å². The fraction of sp³-hybridized carbons (Fsp3) is 0.800. The number of nitrogens with one attached hydrogen (secondary N) is 2. The number of sulfonamides is 1. The van der Waals surface area contributed by atoms with Crippen LogP contribution in [0.15, 0.2) is 0 Å². The number of carbonyl (C=O) groups is 2. The van der Waals surface area contributed by atoms with Gasteiger partial charge >= 0.3 is 12.0 Å². The molecule has 0 aromatic carbocycles. The molecule has 0 aromatic heterocycles. The van der Waals surface area contributed by atoms with Gasteiger partial charge in [-0.25, -0.2) is 17.9 Å². The molecule has 1 aliphatic rings. The smallest absolute Gasteiger partial charge is 0.317 e. The van der Waals surface area contributed by atoms with Gasteiger partial charge in [0.1, 0.15) is 0 Å². The highest BCUT2D eigenvalue weighted by molar-refractivity contribution is 7.88. The molecular weight excluding hydrogens is 274 g/mol.